The predicted molar refractivity (Wildman–Crippen MR) is 90.3 cm³/mol. The zero-order valence-electron chi connectivity index (χ0n) is 14.6. The molecule has 0 saturated heterocycles. The Bertz CT molecular complexity index is 575. The summed E-state index contributed by atoms with van der Waals surface area (Å²) in [4.78, 5) is 12.5. The third kappa shape index (κ3) is 4.56. The zero-order valence-corrected chi connectivity index (χ0v) is 14.6. The topological polar surface area (TPSA) is 56.8 Å². The highest BCUT2D eigenvalue weighted by Gasteiger charge is 2.26. The van der Waals surface area contributed by atoms with Crippen molar-refractivity contribution in [3.05, 3.63) is 17.7 Å². The predicted octanol–water partition coefficient (Wildman–Crippen LogP) is 2.88. The summed E-state index contributed by atoms with van der Waals surface area (Å²) in [5, 5.41) is 3.01. The number of methoxy groups -OCH3 is 2. The first kappa shape index (κ1) is 18.7. The summed E-state index contributed by atoms with van der Waals surface area (Å²) in [6.45, 7) is 8.15. The standard InChI is InChI=1S/C18H25NO4/c1-8-9-23-16-14(21-6)10-13(11-15(16)22-7)17(20)19-18(4,5)12(2)3/h1,10-12H,9H2,2-7H3,(H,19,20). The second-order valence-corrected chi connectivity index (χ2v) is 6.03. The number of carbonyl (C=O) groups is 1. The fourth-order valence-electron chi connectivity index (χ4n) is 1.78. The molecule has 1 N–H and O–H groups in total. The van der Waals surface area contributed by atoms with Crippen molar-refractivity contribution in [2.75, 3.05) is 20.8 Å². The average molecular weight is 319 g/mol. The van der Waals surface area contributed by atoms with Gasteiger partial charge in [-0.05, 0) is 31.9 Å². The van der Waals surface area contributed by atoms with Gasteiger partial charge < -0.3 is 19.5 Å². The van der Waals surface area contributed by atoms with E-state index in [1.165, 1.54) is 14.2 Å². The Balaban J connectivity index is 3.18. The van der Waals surface area contributed by atoms with Crippen LogP contribution in [0.5, 0.6) is 17.2 Å². The van der Waals surface area contributed by atoms with Crippen molar-refractivity contribution in [1.29, 1.82) is 0 Å². The normalized spacial score (nSPS) is 10.9. The maximum atomic E-state index is 12.5. The number of ether oxygens (including phenoxy) is 3. The molecule has 0 aromatic heterocycles. The maximum absolute atomic E-state index is 12.5. The summed E-state index contributed by atoms with van der Waals surface area (Å²) in [6, 6.07) is 3.22. The van der Waals surface area contributed by atoms with Crippen LogP contribution in [0.3, 0.4) is 0 Å². The van der Waals surface area contributed by atoms with Crippen LogP contribution in [-0.2, 0) is 0 Å². The SMILES string of the molecule is C#CCOc1c(OC)cc(C(=O)NC(C)(C)C(C)C)cc1OC. The number of terminal acetylenes is 1. The average Bonchev–Trinajstić information content (AvgIpc) is 2.51. The smallest absolute Gasteiger partial charge is 0.251 e. The van der Waals surface area contributed by atoms with E-state index in [9.17, 15) is 4.79 Å². The third-order valence-electron chi connectivity index (χ3n) is 3.90. The Kier molecular flexibility index (Phi) is 6.32. The summed E-state index contributed by atoms with van der Waals surface area (Å²) in [5.41, 5.74) is 0.0939. The highest BCUT2D eigenvalue weighted by atomic mass is 16.5. The molecule has 0 fully saturated rings. The summed E-state index contributed by atoms with van der Waals surface area (Å²) >= 11 is 0. The van der Waals surface area contributed by atoms with E-state index in [2.05, 4.69) is 25.1 Å². The van der Waals surface area contributed by atoms with Gasteiger partial charge in [-0.3, -0.25) is 4.79 Å². The van der Waals surface area contributed by atoms with Crippen LogP contribution in [0.4, 0.5) is 0 Å². The highest BCUT2D eigenvalue weighted by molar-refractivity contribution is 5.96. The largest absolute Gasteiger partial charge is 0.493 e. The quantitative estimate of drug-likeness (QED) is 0.785. The minimum Gasteiger partial charge on any atom is -0.493 e. The number of amides is 1. The lowest BCUT2D eigenvalue weighted by molar-refractivity contribution is 0.0889. The number of rotatable bonds is 7. The van der Waals surface area contributed by atoms with Gasteiger partial charge in [0.05, 0.1) is 14.2 Å². The number of hydrogen-bond acceptors (Lipinski definition) is 4. The molecule has 1 rings (SSSR count). The summed E-state index contributed by atoms with van der Waals surface area (Å²) in [6.07, 6.45) is 5.21. The van der Waals surface area contributed by atoms with E-state index >= 15 is 0 Å². The molecular formula is C18H25NO4. The van der Waals surface area contributed by atoms with Crippen LogP contribution in [0.2, 0.25) is 0 Å². The van der Waals surface area contributed by atoms with Crippen molar-refractivity contribution in [3.63, 3.8) is 0 Å². The van der Waals surface area contributed by atoms with Gasteiger partial charge in [-0.2, -0.15) is 0 Å². The van der Waals surface area contributed by atoms with Gasteiger partial charge in [0.15, 0.2) is 11.5 Å². The maximum Gasteiger partial charge on any atom is 0.251 e. The molecule has 0 aliphatic rings. The Labute approximate surface area is 138 Å². The molecule has 0 radical (unpaired) electrons. The molecule has 0 aliphatic carbocycles. The number of benzene rings is 1. The number of nitrogens with one attached hydrogen (secondary N) is 1. The van der Waals surface area contributed by atoms with Gasteiger partial charge in [0.25, 0.3) is 5.91 Å². The molecular weight excluding hydrogens is 294 g/mol. The molecule has 0 atom stereocenters. The van der Waals surface area contributed by atoms with Crippen molar-refractivity contribution in [1.82, 2.24) is 5.32 Å². The molecule has 0 spiro atoms. The number of carbonyl (C=O) groups excluding carboxylic acids is 1. The molecule has 5 nitrogen and oxygen atoms in total. The second-order valence-electron chi connectivity index (χ2n) is 6.03. The van der Waals surface area contributed by atoms with E-state index in [0.29, 0.717) is 22.8 Å². The Morgan fingerprint density at radius 2 is 1.78 bits per heavy atom. The molecule has 23 heavy (non-hydrogen) atoms. The van der Waals surface area contributed by atoms with Crippen LogP contribution >= 0.6 is 0 Å². The minimum absolute atomic E-state index is 0.0820. The zero-order chi connectivity index (χ0) is 17.6. The van der Waals surface area contributed by atoms with Crippen LogP contribution in [0, 0.1) is 18.3 Å². The van der Waals surface area contributed by atoms with Gasteiger partial charge in [0.1, 0.15) is 6.61 Å². The van der Waals surface area contributed by atoms with E-state index in [1.807, 2.05) is 13.8 Å². The molecule has 1 aromatic carbocycles. The summed E-state index contributed by atoms with van der Waals surface area (Å²) in [7, 11) is 2.99. The van der Waals surface area contributed by atoms with Crippen molar-refractivity contribution in [2.45, 2.75) is 33.2 Å². The van der Waals surface area contributed by atoms with E-state index in [0.717, 1.165) is 0 Å². The van der Waals surface area contributed by atoms with Gasteiger partial charge in [-0.15, -0.1) is 6.42 Å². The molecule has 1 aromatic rings. The van der Waals surface area contributed by atoms with E-state index < -0.39 is 0 Å². The van der Waals surface area contributed by atoms with Crippen LogP contribution < -0.4 is 19.5 Å². The molecule has 0 unspecified atom stereocenters. The summed E-state index contributed by atoms with van der Waals surface area (Å²) in [5.74, 6) is 3.64. The molecule has 5 heteroatoms. The Morgan fingerprint density at radius 1 is 1.26 bits per heavy atom. The van der Waals surface area contributed by atoms with E-state index in [4.69, 9.17) is 20.6 Å². The highest BCUT2D eigenvalue weighted by Crippen LogP contribution is 2.38. The van der Waals surface area contributed by atoms with Gasteiger partial charge in [-0.25, -0.2) is 0 Å². The van der Waals surface area contributed by atoms with E-state index in [-0.39, 0.29) is 24.0 Å². The minimum atomic E-state index is -0.337. The van der Waals surface area contributed by atoms with Crippen molar-refractivity contribution in [3.8, 4) is 29.6 Å². The lowest BCUT2D eigenvalue weighted by Gasteiger charge is -2.30. The van der Waals surface area contributed by atoms with E-state index in [1.54, 1.807) is 12.1 Å². The first-order chi connectivity index (χ1) is 10.8. The molecule has 0 saturated carbocycles. The van der Waals surface area contributed by atoms with Crippen molar-refractivity contribution in [2.24, 2.45) is 5.92 Å². The van der Waals surface area contributed by atoms with Crippen molar-refractivity contribution < 1.29 is 19.0 Å². The fourth-order valence-corrected chi connectivity index (χ4v) is 1.78. The fraction of sp³-hybridized carbons (Fsp3) is 0.500. The van der Waals surface area contributed by atoms with Gasteiger partial charge >= 0.3 is 0 Å². The second kappa shape index (κ2) is 7.77. The van der Waals surface area contributed by atoms with Crippen LogP contribution in [0.1, 0.15) is 38.1 Å². The van der Waals surface area contributed by atoms with Gasteiger partial charge in [0.2, 0.25) is 5.75 Å². The molecule has 126 valence electrons. The monoisotopic (exact) mass is 319 g/mol. The third-order valence-corrected chi connectivity index (χ3v) is 3.90. The van der Waals surface area contributed by atoms with Gasteiger partial charge in [-0.1, -0.05) is 19.8 Å². The van der Waals surface area contributed by atoms with Crippen LogP contribution in [0.15, 0.2) is 12.1 Å². The number of hydrogen-bond donors (Lipinski definition) is 1. The molecule has 0 bridgehead atoms. The first-order valence-corrected chi connectivity index (χ1v) is 7.41. The van der Waals surface area contributed by atoms with Gasteiger partial charge in [0, 0.05) is 11.1 Å². The summed E-state index contributed by atoms with van der Waals surface area (Å²) < 4.78 is 16.1. The molecule has 0 heterocycles. The first-order valence-electron chi connectivity index (χ1n) is 7.41. The Morgan fingerprint density at radius 3 is 2.17 bits per heavy atom. The van der Waals surface area contributed by atoms with Crippen LogP contribution in [0.25, 0.3) is 0 Å². The molecule has 0 aliphatic heterocycles. The van der Waals surface area contributed by atoms with Crippen molar-refractivity contribution >= 4 is 5.91 Å². The Hall–Kier alpha value is -2.35. The lowest BCUT2D eigenvalue weighted by atomic mass is 9.90. The van der Waals surface area contributed by atoms with Crippen LogP contribution in [-0.4, -0.2) is 32.3 Å². The molecule has 1 amide bonds. The lowest BCUT2D eigenvalue weighted by Crippen LogP contribution is -2.47.